The monoisotopic (exact) mass is 365 g/mol. The Kier molecular flexibility index (Phi) is 3.90. The van der Waals surface area contributed by atoms with E-state index >= 15 is 0 Å². The average molecular weight is 365 g/mol. The number of carbonyl (C=O) groups excluding carboxylic acids is 1. The summed E-state index contributed by atoms with van der Waals surface area (Å²) in [6.45, 7) is 0. The van der Waals surface area contributed by atoms with Crippen LogP contribution in [0.5, 0.6) is 0 Å². The molecule has 0 spiro atoms. The number of carbonyl (C=O) groups is 1. The molecular formula is C14H12IN3O. The Bertz CT molecular complexity index is 707. The van der Waals surface area contributed by atoms with Crippen LogP contribution < -0.4 is 0 Å². The van der Waals surface area contributed by atoms with Gasteiger partial charge < -0.3 is 9.88 Å². The van der Waals surface area contributed by atoms with Gasteiger partial charge in [0.1, 0.15) is 11.6 Å². The molecule has 1 N–H and O–H groups in total. The Labute approximate surface area is 124 Å². The average Bonchev–Trinajstić information content (AvgIpc) is 2.77. The number of rotatable bonds is 3. The molecule has 1 aromatic heterocycles. The van der Waals surface area contributed by atoms with Crippen molar-refractivity contribution in [1.82, 2.24) is 9.88 Å². The van der Waals surface area contributed by atoms with Crippen LogP contribution in [-0.4, -0.2) is 29.8 Å². The summed E-state index contributed by atoms with van der Waals surface area (Å²) in [7, 11) is 3.55. The van der Waals surface area contributed by atoms with Crippen LogP contribution in [0.3, 0.4) is 0 Å². The highest BCUT2D eigenvalue weighted by atomic mass is 127. The number of aromatic amines is 1. The first kappa shape index (κ1) is 13.6. The number of fused-ring (bicyclic) bond motifs is 1. The molecule has 0 aliphatic heterocycles. The van der Waals surface area contributed by atoms with E-state index in [1.165, 1.54) is 6.20 Å². The zero-order valence-electron chi connectivity index (χ0n) is 10.6. The maximum Gasteiger partial charge on any atom is 0.221 e. The van der Waals surface area contributed by atoms with Crippen LogP contribution in [0.4, 0.5) is 0 Å². The molecule has 0 amide bonds. The third-order valence-electron chi connectivity index (χ3n) is 2.58. The van der Waals surface area contributed by atoms with E-state index in [9.17, 15) is 4.79 Å². The van der Waals surface area contributed by atoms with Gasteiger partial charge in [-0.1, -0.05) is 6.07 Å². The van der Waals surface area contributed by atoms with Gasteiger partial charge in [-0.2, -0.15) is 5.26 Å². The van der Waals surface area contributed by atoms with Gasteiger partial charge in [0.15, 0.2) is 0 Å². The summed E-state index contributed by atoms with van der Waals surface area (Å²) < 4.78 is 1.09. The third kappa shape index (κ3) is 2.96. The van der Waals surface area contributed by atoms with Crippen molar-refractivity contribution in [3.63, 3.8) is 0 Å². The van der Waals surface area contributed by atoms with Crippen molar-refractivity contribution in [3.05, 3.63) is 45.3 Å². The van der Waals surface area contributed by atoms with E-state index in [0.29, 0.717) is 5.69 Å². The fraction of sp³-hybridized carbons (Fsp3) is 0.143. The number of ketones is 1. The lowest BCUT2D eigenvalue weighted by atomic mass is 10.1. The van der Waals surface area contributed by atoms with Crippen molar-refractivity contribution in [1.29, 1.82) is 5.26 Å². The molecule has 19 heavy (non-hydrogen) atoms. The zero-order chi connectivity index (χ0) is 14.0. The van der Waals surface area contributed by atoms with E-state index < -0.39 is 0 Å². The van der Waals surface area contributed by atoms with Crippen molar-refractivity contribution in [2.24, 2.45) is 0 Å². The van der Waals surface area contributed by atoms with Crippen LogP contribution in [0, 0.1) is 14.9 Å². The first-order chi connectivity index (χ1) is 9.01. The minimum Gasteiger partial charge on any atom is -0.382 e. The van der Waals surface area contributed by atoms with Gasteiger partial charge in [-0.05, 0) is 40.8 Å². The molecule has 0 fully saturated rings. The summed E-state index contributed by atoms with van der Waals surface area (Å²) in [6.07, 6.45) is 1.53. The first-order valence-electron chi connectivity index (χ1n) is 5.62. The summed E-state index contributed by atoms with van der Waals surface area (Å²) >= 11 is 2.22. The molecule has 0 aliphatic rings. The van der Waals surface area contributed by atoms with Crippen LogP contribution in [0.25, 0.3) is 10.9 Å². The van der Waals surface area contributed by atoms with E-state index in [1.54, 1.807) is 25.1 Å². The number of nitriles is 1. The van der Waals surface area contributed by atoms with Gasteiger partial charge in [-0.25, -0.2) is 0 Å². The van der Waals surface area contributed by atoms with Crippen LogP contribution >= 0.6 is 22.6 Å². The summed E-state index contributed by atoms with van der Waals surface area (Å²) in [5.74, 6) is -0.289. The number of hydrogen-bond acceptors (Lipinski definition) is 3. The molecule has 1 heterocycles. The van der Waals surface area contributed by atoms with Crippen molar-refractivity contribution in [2.75, 3.05) is 14.1 Å². The maximum atomic E-state index is 12.2. The topological polar surface area (TPSA) is 59.9 Å². The molecule has 4 nitrogen and oxygen atoms in total. The van der Waals surface area contributed by atoms with Gasteiger partial charge in [0.25, 0.3) is 0 Å². The number of nitrogens with one attached hydrogen (secondary N) is 1. The van der Waals surface area contributed by atoms with Gasteiger partial charge in [0.2, 0.25) is 5.78 Å². The first-order valence-corrected chi connectivity index (χ1v) is 6.70. The molecule has 1 aromatic carbocycles. The molecule has 0 saturated carbocycles. The molecule has 0 saturated heterocycles. The second kappa shape index (κ2) is 5.45. The Hall–Kier alpha value is -1.81. The maximum absolute atomic E-state index is 12.2. The van der Waals surface area contributed by atoms with Crippen LogP contribution in [0.15, 0.2) is 36.0 Å². The SMILES string of the molecule is CN(C)C=C(C#N)C(=O)c1cc2ccc(I)cc2[nH]1. The molecule has 0 aliphatic carbocycles. The molecular weight excluding hydrogens is 353 g/mol. The molecule has 0 atom stereocenters. The molecule has 0 unspecified atom stereocenters. The second-order valence-electron chi connectivity index (χ2n) is 4.36. The number of nitrogens with zero attached hydrogens (tertiary/aromatic N) is 2. The van der Waals surface area contributed by atoms with E-state index in [2.05, 4.69) is 27.6 Å². The van der Waals surface area contributed by atoms with Gasteiger partial charge in [-0.3, -0.25) is 4.79 Å². The second-order valence-corrected chi connectivity index (χ2v) is 5.61. The predicted molar refractivity (Wildman–Crippen MR) is 82.7 cm³/mol. The highest BCUT2D eigenvalue weighted by molar-refractivity contribution is 14.1. The normalized spacial score (nSPS) is 11.4. The lowest BCUT2D eigenvalue weighted by Crippen LogP contribution is -2.09. The standard InChI is InChI=1S/C14H12IN3O/c1-18(2)8-10(7-16)14(19)13-5-9-3-4-11(15)6-12(9)17-13/h3-6,8,17H,1-2H3. The highest BCUT2D eigenvalue weighted by Gasteiger charge is 2.15. The van der Waals surface area contributed by atoms with Crippen LogP contribution in [0.2, 0.25) is 0 Å². The van der Waals surface area contributed by atoms with Gasteiger partial charge >= 0.3 is 0 Å². The Morgan fingerprint density at radius 2 is 2.16 bits per heavy atom. The summed E-state index contributed by atoms with van der Waals surface area (Å²) in [6, 6.07) is 9.60. The van der Waals surface area contributed by atoms with Gasteiger partial charge in [0.05, 0.1) is 5.69 Å². The summed E-state index contributed by atoms with van der Waals surface area (Å²) in [5.41, 5.74) is 1.45. The largest absolute Gasteiger partial charge is 0.382 e. The number of aromatic nitrogens is 1. The minimum absolute atomic E-state index is 0.117. The number of Topliss-reactive ketones (excluding diaryl/α,β-unsaturated/α-hetero) is 1. The molecule has 5 heteroatoms. The fourth-order valence-corrected chi connectivity index (χ4v) is 2.25. The van der Waals surface area contributed by atoms with Gasteiger partial charge in [0, 0.05) is 34.8 Å². The lowest BCUT2D eigenvalue weighted by Gasteiger charge is -2.04. The summed E-state index contributed by atoms with van der Waals surface area (Å²) in [4.78, 5) is 17.0. The quantitative estimate of drug-likeness (QED) is 0.394. The van der Waals surface area contributed by atoms with Crippen LogP contribution in [-0.2, 0) is 0 Å². The number of hydrogen-bond donors (Lipinski definition) is 1. The zero-order valence-corrected chi connectivity index (χ0v) is 12.7. The Morgan fingerprint density at radius 1 is 1.42 bits per heavy atom. The lowest BCUT2D eigenvalue weighted by molar-refractivity contribution is 0.103. The smallest absolute Gasteiger partial charge is 0.221 e. The van der Waals surface area contributed by atoms with E-state index in [1.807, 2.05) is 24.3 Å². The van der Waals surface area contributed by atoms with Crippen molar-refractivity contribution in [2.45, 2.75) is 0 Å². The van der Waals surface area contributed by atoms with E-state index in [4.69, 9.17) is 5.26 Å². The van der Waals surface area contributed by atoms with Crippen molar-refractivity contribution >= 4 is 39.3 Å². The summed E-state index contributed by atoms with van der Waals surface area (Å²) in [5, 5.41) is 10.0. The van der Waals surface area contributed by atoms with Crippen molar-refractivity contribution in [3.8, 4) is 6.07 Å². The molecule has 2 rings (SSSR count). The number of benzene rings is 1. The minimum atomic E-state index is -0.289. The number of allylic oxidation sites excluding steroid dienone is 1. The number of halogens is 1. The molecule has 0 bridgehead atoms. The Balaban J connectivity index is 2.44. The molecule has 0 radical (unpaired) electrons. The Morgan fingerprint density at radius 3 is 2.79 bits per heavy atom. The molecule has 96 valence electrons. The van der Waals surface area contributed by atoms with E-state index in [-0.39, 0.29) is 11.4 Å². The number of H-pyrrole nitrogens is 1. The highest BCUT2D eigenvalue weighted by Crippen LogP contribution is 2.20. The van der Waals surface area contributed by atoms with Gasteiger partial charge in [-0.15, -0.1) is 0 Å². The van der Waals surface area contributed by atoms with E-state index in [0.717, 1.165) is 14.5 Å². The van der Waals surface area contributed by atoms with Crippen molar-refractivity contribution < 1.29 is 4.79 Å². The third-order valence-corrected chi connectivity index (χ3v) is 3.25. The van der Waals surface area contributed by atoms with Crippen LogP contribution in [0.1, 0.15) is 10.5 Å². The molecule has 2 aromatic rings. The fourth-order valence-electron chi connectivity index (χ4n) is 1.76. The predicted octanol–water partition coefficient (Wildman–Crippen LogP) is 2.92.